The Morgan fingerprint density at radius 3 is 2.32 bits per heavy atom. The number of likely N-dealkylation sites (tertiary alicyclic amines) is 2. The third-order valence-corrected chi connectivity index (χ3v) is 5.35. The van der Waals surface area contributed by atoms with Gasteiger partial charge in [0, 0.05) is 13.1 Å². The molecule has 0 radical (unpaired) electrons. The molecule has 2 heterocycles. The second kappa shape index (κ2) is 11.6. The first-order valence-electron chi connectivity index (χ1n) is 10.4. The molecule has 28 heavy (non-hydrogen) atoms. The summed E-state index contributed by atoms with van der Waals surface area (Å²) in [6.07, 6.45) is 12.1. The molecule has 0 aromatic heterocycles. The molecule has 0 saturated carbocycles. The van der Waals surface area contributed by atoms with E-state index in [1.165, 1.54) is 4.90 Å². The number of amides is 2. The number of carbonyl (C=O) groups is 3. The topological polar surface area (TPSA) is 76.2 Å². The van der Waals surface area contributed by atoms with E-state index in [4.69, 9.17) is 15.9 Å². The van der Waals surface area contributed by atoms with Gasteiger partial charge in [0.1, 0.15) is 12.1 Å². The Balaban J connectivity index is 2.04. The number of rotatable bonds is 7. The summed E-state index contributed by atoms with van der Waals surface area (Å²) in [5, 5.41) is 0. The lowest BCUT2D eigenvalue weighted by molar-refractivity contribution is -0.159. The highest BCUT2D eigenvalue weighted by atomic mass is 16.6. The molecule has 0 aliphatic carbocycles. The highest BCUT2D eigenvalue weighted by Gasteiger charge is 2.40. The largest absolute Gasteiger partial charge is 0.464 e. The molecule has 2 unspecified atom stereocenters. The highest BCUT2D eigenvalue weighted by Crippen LogP contribution is 2.25. The lowest BCUT2D eigenvalue weighted by atomic mass is 9.97. The van der Waals surface area contributed by atoms with Gasteiger partial charge in [-0.2, -0.15) is 0 Å². The summed E-state index contributed by atoms with van der Waals surface area (Å²) in [6.45, 7) is 3.33. The lowest BCUT2D eigenvalue weighted by Crippen LogP contribution is -2.58. The van der Waals surface area contributed by atoms with E-state index in [1.54, 1.807) is 4.90 Å². The quantitative estimate of drug-likeness (QED) is 0.378. The van der Waals surface area contributed by atoms with Gasteiger partial charge in [-0.25, -0.2) is 9.59 Å². The molecule has 2 amide bonds. The number of hydrogen-bond donors (Lipinski definition) is 0. The molecule has 0 N–H and O–H groups in total. The molecule has 0 aromatic carbocycles. The van der Waals surface area contributed by atoms with Crippen LogP contribution in [0, 0.1) is 12.3 Å². The Morgan fingerprint density at radius 2 is 1.64 bits per heavy atom. The van der Waals surface area contributed by atoms with Crippen LogP contribution in [0.2, 0.25) is 0 Å². The molecule has 7 nitrogen and oxygen atoms in total. The van der Waals surface area contributed by atoms with Crippen molar-refractivity contribution in [1.29, 1.82) is 0 Å². The number of unbranched alkanes of at least 4 members (excludes halogenated alkanes) is 2. The number of piperidine rings is 2. The zero-order valence-electron chi connectivity index (χ0n) is 16.9. The molecule has 0 bridgehead atoms. The summed E-state index contributed by atoms with van der Waals surface area (Å²) >= 11 is 0. The molecular weight excluding hydrogens is 360 g/mol. The van der Waals surface area contributed by atoms with Crippen molar-refractivity contribution in [2.24, 2.45) is 0 Å². The summed E-state index contributed by atoms with van der Waals surface area (Å²) in [7, 11) is 0. The third kappa shape index (κ3) is 5.88. The van der Waals surface area contributed by atoms with Crippen LogP contribution in [0.3, 0.4) is 0 Å². The summed E-state index contributed by atoms with van der Waals surface area (Å²) in [5.74, 6) is 1.75. The summed E-state index contributed by atoms with van der Waals surface area (Å²) in [4.78, 5) is 41.2. The molecule has 7 heteroatoms. The van der Waals surface area contributed by atoms with Gasteiger partial charge in [0.05, 0.1) is 6.61 Å². The van der Waals surface area contributed by atoms with Crippen molar-refractivity contribution >= 4 is 18.0 Å². The van der Waals surface area contributed by atoms with Crippen LogP contribution in [-0.2, 0) is 19.1 Å². The van der Waals surface area contributed by atoms with Crippen LogP contribution >= 0.6 is 0 Å². The van der Waals surface area contributed by atoms with Crippen molar-refractivity contribution in [2.75, 3.05) is 26.3 Å². The van der Waals surface area contributed by atoms with Gasteiger partial charge in [-0.05, 0) is 44.9 Å². The first-order chi connectivity index (χ1) is 13.6. The van der Waals surface area contributed by atoms with Gasteiger partial charge >= 0.3 is 12.1 Å². The maximum atomic E-state index is 13.3. The van der Waals surface area contributed by atoms with Crippen molar-refractivity contribution in [2.45, 2.75) is 76.8 Å². The van der Waals surface area contributed by atoms with Gasteiger partial charge in [0.25, 0.3) is 0 Å². The van der Waals surface area contributed by atoms with Crippen molar-refractivity contribution < 1.29 is 23.9 Å². The maximum absolute atomic E-state index is 13.3. The van der Waals surface area contributed by atoms with Crippen LogP contribution in [0.4, 0.5) is 4.79 Å². The fourth-order valence-electron chi connectivity index (χ4n) is 3.85. The fourth-order valence-corrected chi connectivity index (χ4v) is 3.85. The fraction of sp³-hybridized carbons (Fsp3) is 0.762. The smallest absolute Gasteiger partial charge is 0.411 e. The first kappa shape index (κ1) is 22.1. The van der Waals surface area contributed by atoms with E-state index in [0.717, 1.165) is 44.9 Å². The molecule has 2 atom stereocenters. The van der Waals surface area contributed by atoms with E-state index in [9.17, 15) is 14.4 Å². The minimum Gasteiger partial charge on any atom is -0.464 e. The van der Waals surface area contributed by atoms with Gasteiger partial charge in [0.2, 0.25) is 5.91 Å². The summed E-state index contributed by atoms with van der Waals surface area (Å²) < 4.78 is 10.5. The van der Waals surface area contributed by atoms with Gasteiger partial charge in [-0.1, -0.05) is 25.7 Å². The van der Waals surface area contributed by atoms with Gasteiger partial charge in [-0.15, -0.1) is 6.42 Å². The van der Waals surface area contributed by atoms with Crippen LogP contribution in [0.1, 0.15) is 64.7 Å². The Labute approximate surface area is 167 Å². The van der Waals surface area contributed by atoms with E-state index >= 15 is 0 Å². The molecule has 156 valence electrons. The molecule has 2 saturated heterocycles. The average molecular weight is 392 g/mol. The highest BCUT2D eigenvalue weighted by molar-refractivity contribution is 5.90. The second-order valence-corrected chi connectivity index (χ2v) is 7.38. The van der Waals surface area contributed by atoms with E-state index < -0.39 is 18.2 Å². The van der Waals surface area contributed by atoms with E-state index in [1.807, 2.05) is 0 Å². The summed E-state index contributed by atoms with van der Waals surface area (Å²) in [6, 6.07) is -1.17. The molecular formula is C21H32N2O5. The number of ether oxygens (including phenoxy) is 2. The standard InChI is InChI=1S/C21H32N2O5/c1-3-5-10-16-27-20(25)18-12-7-8-13-22(18)19(24)17-11-6-9-14-23(17)21(26)28-15-4-2/h2,17-18H,3,5-16H2,1H3. The van der Waals surface area contributed by atoms with Crippen LogP contribution < -0.4 is 0 Å². The maximum Gasteiger partial charge on any atom is 0.411 e. The number of terminal acetylenes is 1. The predicted octanol–water partition coefficient (Wildman–Crippen LogP) is 2.73. The van der Waals surface area contributed by atoms with Crippen LogP contribution in [0.25, 0.3) is 0 Å². The Morgan fingerprint density at radius 1 is 0.964 bits per heavy atom. The second-order valence-electron chi connectivity index (χ2n) is 7.38. The van der Waals surface area contributed by atoms with Crippen molar-refractivity contribution in [3.05, 3.63) is 0 Å². The molecule has 2 aliphatic heterocycles. The van der Waals surface area contributed by atoms with Crippen LogP contribution in [-0.4, -0.2) is 66.2 Å². The minimum atomic E-state index is -0.604. The zero-order chi connectivity index (χ0) is 20.4. The molecule has 0 aromatic rings. The number of carbonyl (C=O) groups excluding carboxylic acids is 3. The van der Waals surface area contributed by atoms with Crippen LogP contribution in [0.15, 0.2) is 0 Å². The van der Waals surface area contributed by atoms with Crippen molar-refractivity contribution in [3.63, 3.8) is 0 Å². The van der Waals surface area contributed by atoms with Crippen LogP contribution in [0.5, 0.6) is 0 Å². The Bertz CT molecular complexity index is 586. The normalized spacial score (nSPS) is 22.3. The van der Waals surface area contributed by atoms with E-state index in [2.05, 4.69) is 12.8 Å². The van der Waals surface area contributed by atoms with Crippen molar-refractivity contribution in [3.8, 4) is 12.3 Å². The predicted molar refractivity (Wildman–Crippen MR) is 104 cm³/mol. The van der Waals surface area contributed by atoms with E-state index in [-0.39, 0.29) is 18.5 Å². The monoisotopic (exact) mass is 392 g/mol. The molecule has 2 rings (SSSR count). The van der Waals surface area contributed by atoms with Gasteiger partial charge in [0.15, 0.2) is 6.61 Å². The summed E-state index contributed by atoms with van der Waals surface area (Å²) in [5.41, 5.74) is 0. The average Bonchev–Trinajstić information content (AvgIpc) is 2.74. The Kier molecular flexibility index (Phi) is 9.12. The van der Waals surface area contributed by atoms with E-state index in [0.29, 0.717) is 32.5 Å². The zero-order valence-corrected chi connectivity index (χ0v) is 16.9. The SMILES string of the molecule is C#CCOC(=O)N1CCCCC1C(=O)N1CCCCC1C(=O)OCCCCC. The Hall–Kier alpha value is -2.23. The molecule has 2 fully saturated rings. The minimum absolute atomic E-state index is 0.118. The van der Waals surface area contributed by atoms with Gasteiger partial charge in [-0.3, -0.25) is 9.69 Å². The number of nitrogens with zero attached hydrogens (tertiary/aromatic N) is 2. The van der Waals surface area contributed by atoms with Gasteiger partial charge < -0.3 is 14.4 Å². The molecule has 2 aliphatic rings. The number of esters is 1. The van der Waals surface area contributed by atoms with Crippen molar-refractivity contribution in [1.82, 2.24) is 9.80 Å². The molecule has 0 spiro atoms. The third-order valence-electron chi connectivity index (χ3n) is 5.35. The lowest BCUT2D eigenvalue weighted by Gasteiger charge is -2.40. The number of hydrogen-bond acceptors (Lipinski definition) is 5. The first-order valence-corrected chi connectivity index (χ1v) is 10.4.